The lowest BCUT2D eigenvalue weighted by Crippen LogP contribution is -2.24. The number of methoxy groups -OCH3 is 1. The highest BCUT2D eigenvalue weighted by Crippen LogP contribution is 2.23. The molecule has 1 aromatic rings. The number of hydrogen-bond donors (Lipinski definition) is 1. The van der Waals surface area contributed by atoms with Gasteiger partial charge in [0.05, 0.1) is 13.7 Å². The van der Waals surface area contributed by atoms with Crippen LogP contribution in [0.3, 0.4) is 0 Å². The first kappa shape index (κ1) is 14.5. The molecule has 0 radical (unpaired) electrons. The average molecular weight is 322 g/mol. The van der Waals surface area contributed by atoms with E-state index in [1.165, 1.54) is 11.3 Å². The first-order valence-corrected chi connectivity index (χ1v) is 7.33. The van der Waals surface area contributed by atoms with Crippen molar-refractivity contribution in [1.29, 1.82) is 0 Å². The van der Waals surface area contributed by atoms with E-state index >= 15 is 0 Å². The Balaban J connectivity index is 2.21. The molecule has 1 heterocycles. The van der Waals surface area contributed by atoms with Crippen LogP contribution in [0.1, 0.15) is 16.1 Å². The fourth-order valence-electron chi connectivity index (χ4n) is 1.24. The highest BCUT2D eigenvalue weighted by Gasteiger charge is 2.12. The number of rotatable bonds is 8. The zero-order chi connectivity index (χ0) is 12.5. The lowest BCUT2D eigenvalue weighted by Gasteiger charge is -2.05. The molecule has 1 aromatic heterocycles. The Morgan fingerprint density at radius 2 is 2.35 bits per heavy atom. The van der Waals surface area contributed by atoms with Crippen LogP contribution in [-0.2, 0) is 4.74 Å². The largest absolute Gasteiger partial charge is 0.495 e. The van der Waals surface area contributed by atoms with E-state index in [0.717, 1.165) is 11.8 Å². The molecule has 17 heavy (non-hydrogen) atoms. The van der Waals surface area contributed by atoms with Gasteiger partial charge in [-0.25, -0.2) is 0 Å². The maximum atomic E-state index is 11.7. The summed E-state index contributed by atoms with van der Waals surface area (Å²) in [6.45, 7) is 1.97. The predicted octanol–water partition coefficient (Wildman–Crippen LogP) is 2.29. The van der Waals surface area contributed by atoms with E-state index in [1.54, 1.807) is 13.2 Å². The molecule has 0 aliphatic rings. The summed E-state index contributed by atoms with van der Waals surface area (Å²) in [7, 11) is 1.56. The summed E-state index contributed by atoms with van der Waals surface area (Å²) in [6.07, 6.45) is 0.812. The number of carbonyl (C=O) groups excluding carboxylic acids is 1. The van der Waals surface area contributed by atoms with E-state index in [2.05, 4.69) is 21.2 Å². The number of halogens is 1. The van der Waals surface area contributed by atoms with Crippen molar-refractivity contribution in [2.24, 2.45) is 0 Å². The summed E-state index contributed by atoms with van der Waals surface area (Å²) in [4.78, 5) is 12.4. The first-order chi connectivity index (χ1) is 8.29. The molecular formula is C11H16BrNO3S. The summed E-state index contributed by atoms with van der Waals surface area (Å²) in [5.41, 5.74) is 0. The highest BCUT2D eigenvalue weighted by molar-refractivity contribution is 9.09. The van der Waals surface area contributed by atoms with E-state index in [9.17, 15) is 4.79 Å². The van der Waals surface area contributed by atoms with Crippen molar-refractivity contribution in [3.8, 4) is 5.75 Å². The summed E-state index contributed by atoms with van der Waals surface area (Å²) in [5, 5.41) is 5.52. The lowest BCUT2D eigenvalue weighted by molar-refractivity contribution is 0.0946. The molecular weight excluding hydrogens is 306 g/mol. The van der Waals surface area contributed by atoms with Gasteiger partial charge in [0, 0.05) is 18.5 Å². The minimum atomic E-state index is -0.0858. The minimum Gasteiger partial charge on any atom is -0.495 e. The fourth-order valence-corrected chi connectivity index (χ4v) is 2.24. The van der Waals surface area contributed by atoms with Crippen molar-refractivity contribution < 1.29 is 14.3 Å². The van der Waals surface area contributed by atoms with Crippen molar-refractivity contribution in [3.05, 3.63) is 16.3 Å². The maximum absolute atomic E-state index is 11.7. The molecule has 0 aliphatic carbocycles. The monoisotopic (exact) mass is 321 g/mol. The number of thiophene rings is 1. The van der Waals surface area contributed by atoms with Crippen molar-refractivity contribution in [2.45, 2.75) is 6.42 Å². The normalized spacial score (nSPS) is 10.2. The van der Waals surface area contributed by atoms with Crippen LogP contribution in [0.2, 0.25) is 0 Å². The molecule has 6 heteroatoms. The van der Waals surface area contributed by atoms with Crippen LogP contribution >= 0.6 is 27.3 Å². The Kier molecular flexibility index (Phi) is 7.23. The van der Waals surface area contributed by atoms with Crippen molar-refractivity contribution in [3.63, 3.8) is 0 Å². The quantitative estimate of drug-likeness (QED) is 0.590. The second-order valence-corrected chi connectivity index (χ2v) is 4.94. The van der Waals surface area contributed by atoms with Gasteiger partial charge >= 0.3 is 0 Å². The van der Waals surface area contributed by atoms with Gasteiger partial charge in [0.15, 0.2) is 0 Å². The molecule has 0 aromatic carbocycles. The van der Waals surface area contributed by atoms with Crippen LogP contribution in [-0.4, -0.2) is 38.1 Å². The maximum Gasteiger partial charge on any atom is 0.265 e. The topological polar surface area (TPSA) is 47.6 Å². The smallest absolute Gasteiger partial charge is 0.265 e. The summed E-state index contributed by atoms with van der Waals surface area (Å²) in [6, 6.07) is 1.79. The number of ether oxygens (including phenoxy) is 2. The molecule has 96 valence electrons. The Bertz CT molecular complexity index is 343. The second-order valence-electron chi connectivity index (χ2n) is 3.23. The molecule has 0 saturated heterocycles. The van der Waals surface area contributed by atoms with Crippen LogP contribution in [0.15, 0.2) is 11.4 Å². The van der Waals surface area contributed by atoms with E-state index < -0.39 is 0 Å². The van der Waals surface area contributed by atoms with Gasteiger partial charge in [0.1, 0.15) is 10.6 Å². The van der Waals surface area contributed by atoms with E-state index in [1.807, 2.05) is 5.38 Å². The van der Waals surface area contributed by atoms with Gasteiger partial charge in [-0.1, -0.05) is 15.9 Å². The molecule has 1 rings (SSSR count). The molecule has 0 atom stereocenters. The number of hydrogen-bond acceptors (Lipinski definition) is 4. The SMILES string of the molecule is COc1ccsc1C(=O)NCCCOCCBr. The molecule has 1 N–H and O–H groups in total. The zero-order valence-electron chi connectivity index (χ0n) is 9.70. The van der Waals surface area contributed by atoms with E-state index in [4.69, 9.17) is 9.47 Å². The Labute approximate surface area is 113 Å². The standard InChI is InChI=1S/C11H16BrNO3S/c1-15-9-3-8-17-10(9)11(14)13-5-2-6-16-7-4-12/h3,8H,2,4-7H2,1H3,(H,13,14). The van der Waals surface area contributed by atoms with Crippen molar-refractivity contribution in [1.82, 2.24) is 5.32 Å². The number of amides is 1. The molecule has 1 amide bonds. The molecule has 4 nitrogen and oxygen atoms in total. The molecule has 0 saturated carbocycles. The van der Waals surface area contributed by atoms with Crippen LogP contribution in [0.25, 0.3) is 0 Å². The van der Waals surface area contributed by atoms with Crippen LogP contribution < -0.4 is 10.1 Å². The van der Waals surface area contributed by atoms with Gasteiger partial charge in [-0.3, -0.25) is 4.79 Å². The number of nitrogens with one attached hydrogen (secondary N) is 1. The fraction of sp³-hybridized carbons (Fsp3) is 0.545. The van der Waals surface area contributed by atoms with Crippen LogP contribution in [0.4, 0.5) is 0 Å². The molecule has 0 unspecified atom stereocenters. The van der Waals surface area contributed by atoms with Crippen molar-refractivity contribution >= 4 is 33.2 Å². The van der Waals surface area contributed by atoms with Gasteiger partial charge in [-0.05, 0) is 17.9 Å². The summed E-state index contributed by atoms with van der Waals surface area (Å²) in [5.74, 6) is 0.542. The first-order valence-electron chi connectivity index (χ1n) is 5.33. The third-order valence-electron chi connectivity index (χ3n) is 2.03. The summed E-state index contributed by atoms with van der Waals surface area (Å²) >= 11 is 4.66. The van der Waals surface area contributed by atoms with Crippen LogP contribution in [0, 0.1) is 0 Å². The average Bonchev–Trinajstić information content (AvgIpc) is 2.81. The minimum absolute atomic E-state index is 0.0858. The molecule has 0 spiro atoms. The van der Waals surface area contributed by atoms with Crippen molar-refractivity contribution in [2.75, 3.05) is 32.2 Å². The molecule has 0 bridgehead atoms. The number of alkyl halides is 1. The second kappa shape index (κ2) is 8.49. The Morgan fingerprint density at radius 1 is 1.53 bits per heavy atom. The highest BCUT2D eigenvalue weighted by atomic mass is 79.9. The third-order valence-corrected chi connectivity index (χ3v) is 3.25. The van der Waals surface area contributed by atoms with Gasteiger partial charge < -0.3 is 14.8 Å². The van der Waals surface area contributed by atoms with E-state index in [-0.39, 0.29) is 5.91 Å². The van der Waals surface area contributed by atoms with Gasteiger partial charge in [0.2, 0.25) is 0 Å². The predicted molar refractivity (Wildman–Crippen MR) is 72.4 cm³/mol. The van der Waals surface area contributed by atoms with Gasteiger partial charge in [-0.2, -0.15) is 0 Å². The lowest BCUT2D eigenvalue weighted by atomic mass is 10.4. The third kappa shape index (κ3) is 5.06. The summed E-state index contributed by atoms with van der Waals surface area (Å²) < 4.78 is 10.4. The van der Waals surface area contributed by atoms with E-state index in [0.29, 0.717) is 30.4 Å². The zero-order valence-corrected chi connectivity index (χ0v) is 12.1. The molecule has 0 aliphatic heterocycles. The number of carbonyl (C=O) groups is 1. The van der Waals surface area contributed by atoms with Gasteiger partial charge in [-0.15, -0.1) is 11.3 Å². The molecule has 0 fully saturated rings. The van der Waals surface area contributed by atoms with Crippen LogP contribution in [0.5, 0.6) is 5.75 Å². The Morgan fingerprint density at radius 3 is 3.06 bits per heavy atom. The Hall–Kier alpha value is -0.590. The van der Waals surface area contributed by atoms with Gasteiger partial charge in [0.25, 0.3) is 5.91 Å².